The zero-order valence-electron chi connectivity index (χ0n) is 10.3. The van der Waals surface area contributed by atoms with Gasteiger partial charge in [0.1, 0.15) is 6.04 Å². The van der Waals surface area contributed by atoms with Crippen LogP contribution in [0.3, 0.4) is 0 Å². The van der Waals surface area contributed by atoms with E-state index in [1.807, 2.05) is 0 Å². The van der Waals surface area contributed by atoms with Crippen LogP contribution in [-0.4, -0.2) is 54.4 Å². The van der Waals surface area contributed by atoms with Crippen LogP contribution in [0.25, 0.3) is 0 Å². The minimum Gasteiger partial charge on any atom is -0.480 e. The molecule has 0 aromatic carbocycles. The summed E-state index contributed by atoms with van der Waals surface area (Å²) in [6, 6.07) is -0.874. The molecule has 2 amide bonds. The van der Waals surface area contributed by atoms with Gasteiger partial charge in [0, 0.05) is 19.7 Å². The maximum absolute atomic E-state index is 11.9. The molecule has 2 N–H and O–H groups in total. The minimum absolute atomic E-state index is 0.247. The number of carbonyl (C=O) groups excluding carboxylic acids is 1. The molecule has 0 radical (unpaired) electrons. The van der Waals surface area contributed by atoms with E-state index in [9.17, 15) is 9.59 Å². The van der Waals surface area contributed by atoms with Crippen molar-refractivity contribution in [2.24, 2.45) is 0 Å². The van der Waals surface area contributed by atoms with Gasteiger partial charge in [0.15, 0.2) is 0 Å². The average molecular weight is 244 g/mol. The molecule has 0 unspecified atom stereocenters. The molecular weight excluding hydrogens is 224 g/mol. The number of aliphatic carboxylic acids is 1. The summed E-state index contributed by atoms with van der Waals surface area (Å²) in [5.74, 6) is -0.997. The molecule has 0 spiro atoms. The van der Waals surface area contributed by atoms with Crippen molar-refractivity contribution in [1.29, 1.82) is 0 Å². The third-order valence-corrected chi connectivity index (χ3v) is 2.79. The summed E-state index contributed by atoms with van der Waals surface area (Å²) in [5.41, 5.74) is 0. The highest BCUT2D eigenvalue weighted by Gasteiger charge is 2.33. The van der Waals surface area contributed by atoms with Crippen molar-refractivity contribution in [2.75, 3.05) is 20.3 Å². The lowest BCUT2D eigenvalue weighted by molar-refractivity contribution is -0.139. The topological polar surface area (TPSA) is 78.9 Å². The SMILES string of the molecule is CC[C@@H](NC(=O)N(CCOC)C1CC1)C(=O)O. The standard InChI is InChI=1S/C11H20N2O4/c1-3-9(10(14)15)12-11(16)13(6-7-17-2)8-4-5-8/h8-9H,3-7H2,1-2H3,(H,12,16)(H,14,15)/t9-/m1/s1. The van der Waals surface area contributed by atoms with Gasteiger partial charge in [-0.3, -0.25) is 0 Å². The third kappa shape index (κ3) is 4.22. The first-order valence-electron chi connectivity index (χ1n) is 5.89. The maximum atomic E-state index is 11.9. The summed E-state index contributed by atoms with van der Waals surface area (Å²) < 4.78 is 4.94. The molecule has 1 atom stereocenters. The fourth-order valence-corrected chi connectivity index (χ4v) is 1.60. The molecule has 98 valence electrons. The van der Waals surface area contributed by atoms with Gasteiger partial charge in [-0.1, -0.05) is 6.92 Å². The Morgan fingerprint density at radius 1 is 1.53 bits per heavy atom. The normalized spacial score (nSPS) is 16.4. The largest absolute Gasteiger partial charge is 0.480 e. The first-order chi connectivity index (χ1) is 8.10. The Morgan fingerprint density at radius 3 is 2.59 bits per heavy atom. The van der Waals surface area contributed by atoms with Crippen molar-refractivity contribution in [2.45, 2.75) is 38.3 Å². The maximum Gasteiger partial charge on any atom is 0.326 e. The molecule has 0 saturated heterocycles. The molecule has 0 bridgehead atoms. The van der Waals surface area contributed by atoms with Crippen LogP contribution in [0.15, 0.2) is 0 Å². The van der Waals surface area contributed by atoms with Crippen LogP contribution in [0.4, 0.5) is 4.79 Å². The number of nitrogens with one attached hydrogen (secondary N) is 1. The Kier molecular flexibility index (Phi) is 5.21. The van der Waals surface area contributed by atoms with E-state index in [1.54, 1.807) is 18.9 Å². The lowest BCUT2D eigenvalue weighted by atomic mass is 10.2. The van der Waals surface area contributed by atoms with Gasteiger partial charge in [0.2, 0.25) is 0 Å². The Morgan fingerprint density at radius 2 is 2.18 bits per heavy atom. The van der Waals surface area contributed by atoms with Crippen molar-refractivity contribution in [1.82, 2.24) is 10.2 Å². The van der Waals surface area contributed by atoms with Gasteiger partial charge >= 0.3 is 12.0 Å². The Balaban J connectivity index is 2.49. The van der Waals surface area contributed by atoms with Gasteiger partial charge in [0.25, 0.3) is 0 Å². The molecule has 1 aliphatic carbocycles. The third-order valence-electron chi connectivity index (χ3n) is 2.79. The van der Waals surface area contributed by atoms with Crippen molar-refractivity contribution in [3.63, 3.8) is 0 Å². The highest BCUT2D eigenvalue weighted by atomic mass is 16.5. The van der Waals surface area contributed by atoms with E-state index in [0.29, 0.717) is 19.6 Å². The molecule has 0 aromatic heterocycles. The number of hydrogen-bond acceptors (Lipinski definition) is 3. The predicted octanol–water partition coefficient (Wildman–Crippen LogP) is 0.670. The molecule has 1 fully saturated rings. The van der Waals surface area contributed by atoms with Crippen LogP contribution in [0.1, 0.15) is 26.2 Å². The van der Waals surface area contributed by atoms with Crippen molar-refractivity contribution in [3.8, 4) is 0 Å². The number of nitrogens with zero attached hydrogens (tertiary/aromatic N) is 1. The molecule has 0 aliphatic heterocycles. The van der Waals surface area contributed by atoms with Crippen LogP contribution < -0.4 is 5.32 Å². The average Bonchev–Trinajstić information content (AvgIpc) is 3.10. The van der Waals surface area contributed by atoms with Gasteiger partial charge in [-0.15, -0.1) is 0 Å². The molecule has 6 nitrogen and oxygen atoms in total. The van der Waals surface area contributed by atoms with Gasteiger partial charge in [-0.05, 0) is 19.3 Å². The number of amides is 2. The smallest absolute Gasteiger partial charge is 0.326 e. The summed E-state index contributed by atoms with van der Waals surface area (Å²) in [6.45, 7) is 2.70. The summed E-state index contributed by atoms with van der Waals surface area (Å²) in [4.78, 5) is 24.4. The van der Waals surface area contributed by atoms with Crippen molar-refractivity contribution in [3.05, 3.63) is 0 Å². The zero-order valence-corrected chi connectivity index (χ0v) is 10.3. The summed E-state index contributed by atoms with van der Waals surface area (Å²) in [5, 5.41) is 11.4. The Bertz CT molecular complexity index is 279. The fourth-order valence-electron chi connectivity index (χ4n) is 1.60. The minimum atomic E-state index is -0.997. The van der Waals surface area contributed by atoms with Gasteiger partial charge < -0.3 is 20.1 Å². The van der Waals surface area contributed by atoms with Crippen molar-refractivity contribution >= 4 is 12.0 Å². The molecule has 0 heterocycles. The number of carboxylic acids is 1. The first-order valence-corrected chi connectivity index (χ1v) is 5.89. The van der Waals surface area contributed by atoms with Crippen molar-refractivity contribution < 1.29 is 19.4 Å². The van der Waals surface area contributed by atoms with E-state index in [1.165, 1.54) is 0 Å². The second-order valence-electron chi connectivity index (χ2n) is 4.17. The number of methoxy groups -OCH3 is 1. The van der Waals surface area contributed by atoms with E-state index in [-0.39, 0.29) is 12.1 Å². The molecular formula is C11H20N2O4. The first kappa shape index (κ1) is 13.8. The summed E-state index contributed by atoms with van der Waals surface area (Å²) >= 11 is 0. The van der Waals surface area contributed by atoms with Gasteiger partial charge in [0.05, 0.1) is 6.61 Å². The van der Waals surface area contributed by atoms with Crippen LogP contribution in [0.2, 0.25) is 0 Å². The van der Waals surface area contributed by atoms with E-state index >= 15 is 0 Å². The lowest BCUT2D eigenvalue weighted by Gasteiger charge is -2.24. The van der Waals surface area contributed by atoms with E-state index in [0.717, 1.165) is 12.8 Å². The predicted molar refractivity (Wildman–Crippen MR) is 61.9 cm³/mol. The quantitative estimate of drug-likeness (QED) is 0.690. The molecule has 17 heavy (non-hydrogen) atoms. The summed E-state index contributed by atoms with van der Waals surface area (Å²) in [6.07, 6.45) is 2.35. The van der Waals surface area contributed by atoms with Crippen LogP contribution in [0, 0.1) is 0 Å². The molecule has 6 heteroatoms. The Hall–Kier alpha value is -1.30. The molecule has 1 rings (SSSR count). The monoisotopic (exact) mass is 244 g/mol. The number of urea groups is 1. The fraction of sp³-hybridized carbons (Fsp3) is 0.818. The second kappa shape index (κ2) is 6.44. The highest BCUT2D eigenvalue weighted by molar-refractivity contribution is 5.82. The molecule has 1 aliphatic rings. The summed E-state index contributed by atoms with van der Waals surface area (Å²) in [7, 11) is 1.58. The zero-order chi connectivity index (χ0) is 12.8. The highest BCUT2D eigenvalue weighted by Crippen LogP contribution is 2.26. The molecule has 1 saturated carbocycles. The number of carbonyl (C=O) groups is 2. The lowest BCUT2D eigenvalue weighted by Crippen LogP contribution is -2.49. The number of ether oxygens (including phenoxy) is 1. The van der Waals surface area contributed by atoms with E-state index in [4.69, 9.17) is 9.84 Å². The molecule has 0 aromatic rings. The van der Waals surface area contributed by atoms with Gasteiger partial charge in [-0.2, -0.15) is 0 Å². The van der Waals surface area contributed by atoms with Crippen LogP contribution in [0.5, 0.6) is 0 Å². The van der Waals surface area contributed by atoms with Gasteiger partial charge in [-0.25, -0.2) is 9.59 Å². The van der Waals surface area contributed by atoms with E-state index in [2.05, 4.69) is 5.32 Å². The number of rotatable bonds is 7. The number of carboxylic acid groups (broad SMARTS) is 1. The van der Waals surface area contributed by atoms with Crippen LogP contribution >= 0.6 is 0 Å². The second-order valence-corrected chi connectivity index (χ2v) is 4.17. The van der Waals surface area contributed by atoms with E-state index < -0.39 is 12.0 Å². The number of hydrogen-bond donors (Lipinski definition) is 2. The van der Waals surface area contributed by atoms with Crippen LogP contribution in [-0.2, 0) is 9.53 Å². The Labute approximate surface area is 101 Å².